The third kappa shape index (κ3) is 2.66. The van der Waals surface area contributed by atoms with Crippen molar-refractivity contribution < 1.29 is 9.47 Å². The molecule has 0 spiro atoms. The summed E-state index contributed by atoms with van der Waals surface area (Å²) in [7, 11) is 3.18. The fourth-order valence-corrected chi connectivity index (χ4v) is 3.34. The van der Waals surface area contributed by atoms with Gasteiger partial charge in [-0.1, -0.05) is 23.5 Å². The first-order valence-electron chi connectivity index (χ1n) is 7.47. The van der Waals surface area contributed by atoms with Gasteiger partial charge in [0.2, 0.25) is 10.1 Å². The molecule has 2 aromatic carbocycles. The number of para-hydroxylation sites is 1. The first kappa shape index (κ1) is 15.4. The van der Waals surface area contributed by atoms with Crippen LogP contribution in [0.1, 0.15) is 0 Å². The van der Waals surface area contributed by atoms with Crippen LogP contribution in [0.2, 0.25) is 0 Å². The van der Waals surface area contributed by atoms with Crippen LogP contribution < -0.4 is 20.3 Å². The predicted octanol–water partition coefficient (Wildman–Crippen LogP) is 3.07. The minimum absolute atomic E-state index is 0.192. The minimum Gasteiger partial charge on any atom is -0.497 e. The molecule has 4 rings (SSSR count). The van der Waals surface area contributed by atoms with Gasteiger partial charge in [-0.05, 0) is 24.3 Å². The van der Waals surface area contributed by atoms with Crippen molar-refractivity contribution in [2.45, 2.75) is 0 Å². The van der Waals surface area contributed by atoms with E-state index in [4.69, 9.17) is 9.47 Å². The molecule has 1 N–H and O–H groups in total. The van der Waals surface area contributed by atoms with Crippen LogP contribution in [0.5, 0.6) is 11.5 Å². The van der Waals surface area contributed by atoms with Crippen LogP contribution in [0.4, 0.5) is 10.8 Å². The highest BCUT2D eigenvalue weighted by Gasteiger charge is 2.12. The summed E-state index contributed by atoms with van der Waals surface area (Å²) in [4.78, 5) is 17.6. The van der Waals surface area contributed by atoms with Crippen molar-refractivity contribution in [3.8, 4) is 11.5 Å². The van der Waals surface area contributed by atoms with Gasteiger partial charge in [0.15, 0.2) is 0 Å². The lowest BCUT2D eigenvalue weighted by Gasteiger charge is -2.10. The van der Waals surface area contributed by atoms with E-state index in [0.29, 0.717) is 38.2 Å². The standard InChI is InChI=1S/C17H14N4O3S/c1-23-10-7-8-14(24-2)13(9-10)18-16-20-21-15(22)11-5-3-4-6-12(11)19-17(21)25-16/h3-9H,1-2H3,(H,18,20). The number of hydrogen-bond donors (Lipinski definition) is 1. The molecule has 8 heteroatoms. The van der Waals surface area contributed by atoms with E-state index < -0.39 is 0 Å². The molecule has 0 aliphatic heterocycles. The summed E-state index contributed by atoms with van der Waals surface area (Å²) in [6.45, 7) is 0. The molecule has 0 saturated carbocycles. The van der Waals surface area contributed by atoms with E-state index in [1.54, 1.807) is 38.5 Å². The average Bonchev–Trinajstić information content (AvgIpc) is 3.04. The van der Waals surface area contributed by atoms with Gasteiger partial charge in [-0.3, -0.25) is 4.79 Å². The summed E-state index contributed by atoms with van der Waals surface area (Å²) in [5.41, 5.74) is 1.16. The predicted molar refractivity (Wildman–Crippen MR) is 97.5 cm³/mol. The van der Waals surface area contributed by atoms with Gasteiger partial charge in [0.05, 0.1) is 30.8 Å². The molecule has 0 radical (unpaired) electrons. The quantitative estimate of drug-likeness (QED) is 0.607. The second-order valence-corrected chi connectivity index (χ2v) is 6.18. The van der Waals surface area contributed by atoms with Gasteiger partial charge in [-0.25, -0.2) is 4.98 Å². The molecule has 25 heavy (non-hydrogen) atoms. The zero-order valence-electron chi connectivity index (χ0n) is 13.5. The Labute approximate surface area is 146 Å². The van der Waals surface area contributed by atoms with Gasteiger partial charge in [-0.15, -0.1) is 5.10 Å². The maximum atomic E-state index is 12.6. The van der Waals surface area contributed by atoms with Gasteiger partial charge in [0, 0.05) is 6.07 Å². The van der Waals surface area contributed by atoms with Crippen molar-refractivity contribution in [2.75, 3.05) is 19.5 Å². The molecule has 126 valence electrons. The Morgan fingerprint density at radius 3 is 2.76 bits per heavy atom. The average molecular weight is 354 g/mol. The van der Waals surface area contributed by atoms with E-state index in [1.165, 1.54) is 15.9 Å². The Kier molecular flexibility index (Phi) is 3.73. The van der Waals surface area contributed by atoms with Gasteiger partial charge in [-0.2, -0.15) is 4.52 Å². The van der Waals surface area contributed by atoms with Crippen LogP contribution in [0, 0.1) is 0 Å². The highest BCUT2D eigenvalue weighted by atomic mass is 32.1. The first-order valence-corrected chi connectivity index (χ1v) is 8.29. The normalized spacial score (nSPS) is 11.0. The maximum Gasteiger partial charge on any atom is 0.283 e. The number of rotatable bonds is 4. The van der Waals surface area contributed by atoms with Crippen molar-refractivity contribution in [2.24, 2.45) is 0 Å². The second kappa shape index (κ2) is 6.06. The number of aromatic nitrogens is 3. The first-order chi connectivity index (χ1) is 12.2. The summed E-state index contributed by atoms with van der Waals surface area (Å²) in [5, 5.41) is 8.58. The van der Waals surface area contributed by atoms with E-state index in [1.807, 2.05) is 18.2 Å². The van der Waals surface area contributed by atoms with Crippen molar-refractivity contribution >= 4 is 38.0 Å². The lowest BCUT2D eigenvalue weighted by atomic mass is 10.2. The number of nitrogens with one attached hydrogen (secondary N) is 1. The highest BCUT2D eigenvalue weighted by molar-refractivity contribution is 7.20. The molecule has 7 nitrogen and oxygen atoms in total. The van der Waals surface area contributed by atoms with Gasteiger partial charge >= 0.3 is 0 Å². The van der Waals surface area contributed by atoms with Crippen molar-refractivity contribution in [1.82, 2.24) is 14.6 Å². The molecule has 0 saturated heterocycles. The topological polar surface area (TPSA) is 77.8 Å². The molecule has 0 aliphatic carbocycles. The zero-order chi connectivity index (χ0) is 17.4. The van der Waals surface area contributed by atoms with Crippen LogP contribution in [0.15, 0.2) is 47.3 Å². The van der Waals surface area contributed by atoms with Gasteiger partial charge in [0.25, 0.3) is 5.56 Å². The fourth-order valence-electron chi connectivity index (χ4n) is 2.53. The summed E-state index contributed by atoms with van der Waals surface area (Å²) in [5.74, 6) is 1.33. The molecule has 0 bridgehead atoms. The molecule has 0 unspecified atom stereocenters. The number of fused-ring (bicyclic) bond motifs is 2. The van der Waals surface area contributed by atoms with Gasteiger partial charge < -0.3 is 14.8 Å². The molecule has 0 atom stereocenters. The minimum atomic E-state index is -0.192. The third-order valence-corrected chi connectivity index (χ3v) is 4.58. The van der Waals surface area contributed by atoms with E-state index in [-0.39, 0.29) is 5.56 Å². The summed E-state index contributed by atoms with van der Waals surface area (Å²) >= 11 is 1.29. The lowest BCUT2D eigenvalue weighted by molar-refractivity contribution is 0.405. The third-order valence-electron chi connectivity index (χ3n) is 3.75. The van der Waals surface area contributed by atoms with Crippen LogP contribution in [-0.4, -0.2) is 28.8 Å². The van der Waals surface area contributed by atoms with E-state index in [0.717, 1.165) is 0 Å². The Balaban J connectivity index is 1.82. The lowest BCUT2D eigenvalue weighted by Crippen LogP contribution is -2.15. The monoisotopic (exact) mass is 354 g/mol. The molecule has 0 aliphatic rings. The van der Waals surface area contributed by atoms with Crippen LogP contribution >= 0.6 is 11.3 Å². The number of anilines is 2. The van der Waals surface area contributed by atoms with Gasteiger partial charge in [0.1, 0.15) is 11.5 Å². The fraction of sp³-hybridized carbons (Fsp3) is 0.118. The summed E-state index contributed by atoms with van der Waals surface area (Å²) < 4.78 is 11.9. The molecule has 2 heterocycles. The van der Waals surface area contributed by atoms with E-state index >= 15 is 0 Å². The van der Waals surface area contributed by atoms with Crippen molar-refractivity contribution in [3.05, 3.63) is 52.8 Å². The Morgan fingerprint density at radius 1 is 1.12 bits per heavy atom. The Morgan fingerprint density at radius 2 is 1.96 bits per heavy atom. The van der Waals surface area contributed by atoms with Crippen LogP contribution in [0.3, 0.4) is 0 Å². The number of benzene rings is 2. The van der Waals surface area contributed by atoms with Crippen LogP contribution in [-0.2, 0) is 0 Å². The zero-order valence-corrected chi connectivity index (χ0v) is 14.3. The molecule has 0 amide bonds. The van der Waals surface area contributed by atoms with E-state index in [9.17, 15) is 4.79 Å². The maximum absolute atomic E-state index is 12.6. The number of nitrogens with zero attached hydrogens (tertiary/aromatic N) is 3. The van der Waals surface area contributed by atoms with E-state index in [2.05, 4.69) is 15.4 Å². The number of hydrogen-bond acceptors (Lipinski definition) is 7. The number of ether oxygens (including phenoxy) is 2. The summed E-state index contributed by atoms with van der Waals surface area (Å²) in [6.07, 6.45) is 0. The number of methoxy groups -OCH3 is 2. The Bertz CT molecular complexity index is 1140. The highest BCUT2D eigenvalue weighted by Crippen LogP contribution is 2.32. The van der Waals surface area contributed by atoms with Crippen molar-refractivity contribution in [1.29, 1.82) is 0 Å². The van der Waals surface area contributed by atoms with Crippen molar-refractivity contribution in [3.63, 3.8) is 0 Å². The molecule has 4 aromatic rings. The Hall–Kier alpha value is -3.13. The molecule has 0 fully saturated rings. The molecule has 2 aromatic heterocycles. The smallest absolute Gasteiger partial charge is 0.283 e. The second-order valence-electron chi connectivity index (χ2n) is 5.23. The SMILES string of the molecule is COc1ccc(OC)c(Nc2nn3c(=O)c4ccccc4nc3s2)c1. The summed E-state index contributed by atoms with van der Waals surface area (Å²) in [6, 6.07) is 12.6. The largest absolute Gasteiger partial charge is 0.497 e. The molecular weight excluding hydrogens is 340 g/mol. The molecular formula is C17H14N4O3S. The van der Waals surface area contributed by atoms with Crippen LogP contribution in [0.25, 0.3) is 15.9 Å².